The van der Waals surface area contributed by atoms with Crippen LogP contribution in [-0.4, -0.2) is 12.1 Å². The standard InChI is InChI=1S/C13H10O3/c1-9-3-2-4-10(7-9)13(15)12-6-5-11(8-14)16-12/h2-8H,1H3. The van der Waals surface area contributed by atoms with Crippen LogP contribution in [0.3, 0.4) is 0 Å². The molecule has 1 aromatic carbocycles. The first kappa shape index (κ1) is 10.4. The van der Waals surface area contributed by atoms with Gasteiger partial charge in [0.25, 0.3) is 0 Å². The van der Waals surface area contributed by atoms with E-state index in [4.69, 9.17) is 4.42 Å². The number of carbonyl (C=O) groups excluding carboxylic acids is 2. The van der Waals surface area contributed by atoms with Gasteiger partial charge in [-0.3, -0.25) is 9.59 Å². The zero-order chi connectivity index (χ0) is 11.5. The number of aldehydes is 1. The van der Waals surface area contributed by atoms with E-state index in [0.29, 0.717) is 11.8 Å². The largest absolute Gasteiger partial charge is 0.450 e. The zero-order valence-electron chi connectivity index (χ0n) is 8.77. The van der Waals surface area contributed by atoms with Crippen molar-refractivity contribution in [3.05, 3.63) is 59.0 Å². The van der Waals surface area contributed by atoms with E-state index in [1.807, 2.05) is 19.1 Å². The maximum atomic E-state index is 11.9. The van der Waals surface area contributed by atoms with E-state index in [1.165, 1.54) is 12.1 Å². The molecule has 0 aliphatic rings. The van der Waals surface area contributed by atoms with E-state index >= 15 is 0 Å². The normalized spacial score (nSPS) is 10.1. The van der Waals surface area contributed by atoms with Crippen molar-refractivity contribution in [2.45, 2.75) is 6.92 Å². The molecule has 0 unspecified atom stereocenters. The first-order valence-corrected chi connectivity index (χ1v) is 4.87. The highest BCUT2D eigenvalue weighted by Crippen LogP contribution is 2.13. The fourth-order valence-corrected chi connectivity index (χ4v) is 1.47. The van der Waals surface area contributed by atoms with Crippen molar-refractivity contribution in [1.82, 2.24) is 0 Å². The van der Waals surface area contributed by atoms with Crippen LogP contribution in [0.2, 0.25) is 0 Å². The van der Waals surface area contributed by atoms with Gasteiger partial charge in [0, 0.05) is 5.56 Å². The Hall–Kier alpha value is -2.16. The predicted octanol–water partition coefficient (Wildman–Crippen LogP) is 2.63. The fourth-order valence-electron chi connectivity index (χ4n) is 1.47. The number of ketones is 1. The molecule has 3 nitrogen and oxygen atoms in total. The molecule has 16 heavy (non-hydrogen) atoms. The Kier molecular flexibility index (Phi) is 2.68. The molecule has 0 fully saturated rings. The van der Waals surface area contributed by atoms with E-state index in [0.717, 1.165) is 5.56 Å². The minimum atomic E-state index is -0.211. The van der Waals surface area contributed by atoms with Gasteiger partial charge < -0.3 is 4.42 Å². The highest BCUT2D eigenvalue weighted by Gasteiger charge is 2.13. The monoisotopic (exact) mass is 214 g/mol. The first-order chi connectivity index (χ1) is 7.70. The molecule has 0 saturated carbocycles. The lowest BCUT2D eigenvalue weighted by molar-refractivity contribution is 0.100. The van der Waals surface area contributed by atoms with E-state index in [9.17, 15) is 9.59 Å². The Bertz CT molecular complexity index is 538. The minimum absolute atomic E-state index is 0.163. The highest BCUT2D eigenvalue weighted by molar-refractivity contribution is 6.07. The maximum Gasteiger partial charge on any atom is 0.228 e. The van der Waals surface area contributed by atoms with Crippen LogP contribution in [0.25, 0.3) is 0 Å². The van der Waals surface area contributed by atoms with Crippen LogP contribution in [0.1, 0.15) is 32.2 Å². The topological polar surface area (TPSA) is 47.3 Å². The summed E-state index contributed by atoms with van der Waals surface area (Å²) in [7, 11) is 0. The molecule has 1 heterocycles. The summed E-state index contributed by atoms with van der Waals surface area (Å²) < 4.78 is 5.07. The summed E-state index contributed by atoms with van der Waals surface area (Å²) in [4.78, 5) is 22.3. The molecule has 80 valence electrons. The molecule has 0 radical (unpaired) electrons. The lowest BCUT2D eigenvalue weighted by Gasteiger charge is -1.98. The van der Waals surface area contributed by atoms with Crippen LogP contribution in [0, 0.1) is 6.92 Å². The molecule has 0 atom stereocenters. The summed E-state index contributed by atoms with van der Waals surface area (Å²) in [5, 5.41) is 0. The molecule has 1 aromatic heterocycles. The summed E-state index contributed by atoms with van der Waals surface area (Å²) >= 11 is 0. The average molecular weight is 214 g/mol. The number of hydrogen-bond acceptors (Lipinski definition) is 3. The predicted molar refractivity (Wildman–Crippen MR) is 58.7 cm³/mol. The van der Waals surface area contributed by atoms with E-state index in [-0.39, 0.29) is 17.3 Å². The Labute approximate surface area is 92.7 Å². The third-order valence-electron chi connectivity index (χ3n) is 2.25. The van der Waals surface area contributed by atoms with E-state index in [2.05, 4.69) is 0 Å². The van der Waals surface area contributed by atoms with Gasteiger partial charge in [-0.2, -0.15) is 0 Å². The first-order valence-electron chi connectivity index (χ1n) is 4.87. The van der Waals surface area contributed by atoms with Crippen molar-refractivity contribution in [3.63, 3.8) is 0 Å². The van der Waals surface area contributed by atoms with Gasteiger partial charge in [0.2, 0.25) is 5.78 Å². The van der Waals surface area contributed by atoms with Crippen LogP contribution >= 0.6 is 0 Å². The molecule has 2 rings (SSSR count). The van der Waals surface area contributed by atoms with Crippen LogP contribution in [0.4, 0.5) is 0 Å². The van der Waals surface area contributed by atoms with Crippen molar-refractivity contribution in [3.8, 4) is 0 Å². The van der Waals surface area contributed by atoms with Gasteiger partial charge in [-0.1, -0.05) is 23.8 Å². The SMILES string of the molecule is Cc1cccc(C(=O)c2ccc(C=O)o2)c1. The number of aryl methyl sites for hydroxylation is 1. The highest BCUT2D eigenvalue weighted by atomic mass is 16.4. The number of rotatable bonds is 3. The summed E-state index contributed by atoms with van der Waals surface area (Å²) in [6.45, 7) is 1.91. The Morgan fingerprint density at radius 3 is 2.69 bits per heavy atom. The Balaban J connectivity index is 2.35. The quantitative estimate of drug-likeness (QED) is 0.582. The fraction of sp³-hybridized carbons (Fsp3) is 0.0769. The average Bonchev–Trinajstić information content (AvgIpc) is 2.76. The smallest absolute Gasteiger partial charge is 0.228 e. The Morgan fingerprint density at radius 1 is 1.25 bits per heavy atom. The molecule has 0 amide bonds. The molecule has 0 spiro atoms. The van der Waals surface area contributed by atoms with Crippen molar-refractivity contribution in [2.75, 3.05) is 0 Å². The number of benzene rings is 1. The third-order valence-corrected chi connectivity index (χ3v) is 2.25. The molecule has 2 aromatic rings. The second-order valence-corrected chi connectivity index (χ2v) is 3.52. The molecule has 3 heteroatoms. The van der Waals surface area contributed by atoms with Crippen molar-refractivity contribution < 1.29 is 14.0 Å². The second kappa shape index (κ2) is 4.14. The van der Waals surface area contributed by atoms with Gasteiger partial charge in [-0.05, 0) is 25.1 Å². The van der Waals surface area contributed by atoms with Gasteiger partial charge >= 0.3 is 0 Å². The van der Waals surface area contributed by atoms with Gasteiger partial charge in [0.15, 0.2) is 17.8 Å². The van der Waals surface area contributed by atoms with E-state index < -0.39 is 0 Å². The third kappa shape index (κ3) is 1.93. The minimum Gasteiger partial charge on any atom is -0.450 e. The lowest BCUT2D eigenvalue weighted by atomic mass is 10.1. The summed E-state index contributed by atoms with van der Waals surface area (Å²) in [5.74, 6) is 0.139. The molecular weight excluding hydrogens is 204 g/mol. The number of furan rings is 1. The van der Waals surface area contributed by atoms with Crippen molar-refractivity contribution >= 4 is 12.1 Å². The van der Waals surface area contributed by atoms with Gasteiger partial charge in [-0.25, -0.2) is 0 Å². The van der Waals surface area contributed by atoms with Gasteiger partial charge in [-0.15, -0.1) is 0 Å². The molecule has 0 N–H and O–H groups in total. The van der Waals surface area contributed by atoms with Crippen LogP contribution in [-0.2, 0) is 0 Å². The summed E-state index contributed by atoms with van der Waals surface area (Å²) in [6.07, 6.45) is 0.576. The summed E-state index contributed by atoms with van der Waals surface area (Å²) in [6, 6.07) is 10.2. The van der Waals surface area contributed by atoms with Crippen LogP contribution < -0.4 is 0 Å². The molecule has 0 aliphatic carbocycles. The van der Waals surface area contributed by atoms with Gasteiger partial charge in [0.1, 0.15) is 0 Å². The van der Waals surface area contributed by atoms with Crippen molar-refractivity contribution in [1.29, 1.82) is 0 Å². The summed E-state index contributed by atoms with van der Waals surface area (Å²) in [5.41, 5.74) is 1.57. The van der Waals surface area contributed by atoms with Crippen LogP contribution in [0.15, 0.2) is 40.8 Å². The lowest BCUT2D eigenvalue weighted by Crippen LogP contribution is -1.99. The second-order valence-electron chi connectivity index (χ2n) is 3.52. The van der Waals surface area contributed by atoms with Crippen LogP contribution in [0.5, 0.6) is 0 Å². The molecule has 0 aliphatic heterocycles. The maximum absolute atomic E-state index is 11.9. The molecule has 0 bridgehead atoms. The van der Waals surface area contributed by atoms with Crippen molar-refractivity contribution in [2.24, 2.45) is 0 Å². The molecule has 0 saturated heterocycles. The Morgan fingerprint density at radius 2 is 2.06 bits per heavy atom. The zero-order valence-corrected chi connectivity index (χ0v) is 8.77. The van der Waals surface area contributed by atoms with E-state index in [1.54, 1.807) is 12.1 Å². The van der Waals surface area contributed by atoms with Gasteiger partial charge in [0.05, 0.1) is 0 Å². The number of carbonyl (C=O) groups is 2. The number of hydrogen-bond donors (Lipinski definition) is 0. The molecular formula is C13H10O3.